The van der Waals surface area contributed by atoms with Gasteiger partial charge < -0.3 is 15.5 Å². The van der Waals surface area contributed by atoms with Crippen LogP contribution in [0.2, 0.25) is 0 Å². The average Bonchev–Trinajstić information content (AvgIpc) is 3.33. The molecule has 164 valence electrons. The summed E-state index contributed by atoms with van der Waals surface area (Å²) in [7, 11) is 0. The Morgan fingerprint density at radius 3 is 2.34 bits per heavy atom. The number of amides is 2. The highest BCUT2D eigenvalue weighted by Gasteiger charge is 2.21. The van der Waals surface area contributed by atoms with E-state index in [1.807, 2.05) is 18.2 Å². The van der Waals surface area contributed by atoms with E-state index < -0.39 is 0 Å². The molecule has 2 amide bonds. The molecule has 32 heavy (non-hydrogen) atoms. The molecule has 1 aliphatic heterocycles. The van der Waals surface area contributed by atoms with Crippen LogP contribution in [0.15, 0.2) is 71.2 Å². The molecule has 2 N–H and O–H groups in total. The van der Waals surface area contributed by atoms with E-state index in [9.17, 15) is 14.0 Å². The lowest BCUT2D eigenvalue weighted by molar-refractivity contribution is 0.0950. The van der Waals surface area contributed by atoms with E-state index in [2.05, 4.69) is 31.5 Å². The van der Waals surface area contributed by atoms with Gasteiger partial charge in [0.15, 0.2) is 0 Å². The summed E-state index contributed by atoms with van der Waals surface area (Å²) >= 11 is 3.40. The topological polar surface area (TPSA) is 61.4 Å². The van der Waals surface area contributed by atoms with Gasteiger partial charge in [-0.1, -0.05) is 24.3 Å². The van der Waals surface area contributed by atoms with Gasteiger partial charge in [-0.25, -0.2) is 4.39 Å². The van der Waals surface area contributed by atoms with Gasteiger partial charge in [0.2, 0.25) is 0 Å². The molecule has 0 saturated carbocycles. The Kier molecular flexibility index (Phi) is 6.85. The van der Waals surface area contributed by atoms with Gasteiger partial charge in [-0.15, -0.1) is 0 Å². The minimum atomic E-state index is -0.315. The van der Waals surface area contributed by atoms with Crippen molar-refractivity contribution < 1.29 is 14.0 Å². The van der Waals surface area contributed by atoms with Gasteiger partial charge >= 0.3 is 0 Å². The second-order valence-corrected chi connectivity index (χ2v) is 8.52. The average molecular weight is 496 g/mol. The summed E-state index contributed by atoms with van der Waals surface area (Å²) in [6.07, 6.45) is 2.16. The number of anilines is 2. The number of hydrogen-bond acceptors (Lipinski definition) is 3. The quantitative estimate of drug-likeness (QED) is 0.483. The molecule has 3 aromatic carbocycles. The first-order valence-corrected chi connectivity index (χ1v) is 11.3. The van der Waals surface area contributed by atoms with E-state index in [-0.39, 0.29) is 24.2 Å². The van der Waals surface area contributed by atoms with E-state index in [1.165, 1.54) is 12.1 Å². The van der Waals surface area contributed by atoms with Crippen LogP contribution in [0.25, 0.3) is 0 Å². The Labute approximate surface area is 194 Å². The maximum atomic E-state index is 13.1. The van der Waals surface area contributed by atoms with Crippen molar-refractivity contribution in [3.63, 3.8) is 0 Å². The lowest BCUT2D eigenvalue weighted by Gasteiger charge is -2.22. The van der Waals surface area contributed by atoms with Crippen molar-refractivity contribution in [3.05, 3.63) is 93.7 Å². The van der Waals surface area contributed by atoms with Gasteiger partial charge in [0.05, 0.1) is 11.1 Å². The minimum Gasteiger partial charge on any atom is -0.371 e. The SMILES string of the molecule is O=C(Nc1ccc(N2CCCC2)c(C(=O)NCc2ccc(F)cc2)c1)c1ccccc1Br. The molecule has 0 aliphatic carbocycles. The summed E-state index contributed by atoms with van der Waals surface area (Å²) in [6.45, 7) is 2.06. The van der Waals surface area contributed by atoms with Gasteiger partial charge in [-0.2, -0.15) is 0 Å². The lowest BCUT2D eigenvalue weighted by atomic mass is 10.1. The zero-order valence-electron chi connectivity index (χ0n) is 17.4. The van der Waals surface area contributed by atoms with Gasteiger partial charge in [0.1, 0.15) is 5.82 Å². The first-order valence-electron chi connectivity index (χ1n) is 10.5. The Morgan fingerprint density at radius 2 is 1.62 bits per heavy atom. The van der Waals surface area contributed by atoms with Gasteiger partial charge in [-0.3, -0.25) is 9.59 Å². The Morgan fingerprint density at radius 1 is 0.906 bits per heavy atom. The molecule has 7 heteroatoms. The zero-order chi connectivity index (χ0) is 22.5. The molecule has 5 nitrogen and oxygen atoms in total. The predicted octanol–water partition coefficient (Wildman–Crippen LogP) is 5.37. The normalized spacial score (nSPS) is 13.1. The summed E-state index contributed by atoms with van der Waals surface area (Å²) in [5.41, 5.74) is 3.21. The van der Waals surface area contributed by atoms with Crippen LogP contribution in [0, 0.1) is 5.82 Å². The molecule has 0 atom stereocenters. The number of halogens is 2. The van der Waals surface area contributed by atoms with Crippen LogP contribution in [0.5, 0.6) is 0 Å². The summed E-state index contributed by atoms with van der Waals surface area (Å²) in [6, 6.07) is 18.6. The Bertz CT molecular complexity index is 1130. The first-order chi connectivity index (χ1) is 15.5. The smallest absolute Gasteiger partial charge is 0.256 e. The Hall–Kier alpha value is -3.19. The minimum absolute atomic E-state index is 0.242. The number of nitrogens with zero attached hydrogens (tertiary/aromatic N) is 1. The molecule has 0 bridgehead atoms. The Balaban J connectivity index is 1.56. The van der Waals surface area contributed by atoms with E-state index in [1.54, 1.807) is 36.4 Å². The number of carbonyl (C=O) groups excluding carboxylic acids is 2. The third-order valence-electron chi connectivity index (χ3n) is 5.43. The van der Waals surface area contributed by atoms with E-state index in [4.69, 9.17) is 0 Å². The first kappa shape index (κ1) is 22.0. The molecule has 0 unspecified atom stereocenters. The fourth-order valence-corrected chi connectivity index (χ4v) is 4.22. The highest BCUT2D eigenvalue weighted by Crippen LogP contribution is 2.28. The van der Waals surface area contributed by atoms with Crippen molar-refractivity contribution in [2.75, 3.05) is 23.3 Å². The fraction of sp³-hybridized carbons (Fsp3) is 0.200. The van der Waals surface area contributed by atoms with Gasteiger partial charge in [0, 0.05) is 35.5 Å². The maximum absolute atomic E-state index is 13.1. The molecule has 0 aromatic heterocycles. The van der Waals surface area contributed by atoms with Crippen molar-refractivity contribution in [3.8, 4) is 0 Å². The van der Waals surface area contributed by atoms with Crippen LogP contribution >= 0.6 is 15.9 Å². The van der Waals surface area contributed by atoms with E-state index in [0.29, 0.717) is 21.3 Å². The molecule has 0 radical (unpaired) electrons. The number of rotatable bonds is 6. The molecule has 1 fully saturated rings. The molecule has 1 heterocycles. The molecular weight excluding hydrogens is 473 g/mol. The number of hydrogen-bond donors (Lipinski definition) is 2. The number of nitrogens with one attached hydrogen (secondary N) is 2. The molecule has 0 spiro atoms. The zero-order valence-corrected chi connectivity index (χ0v) is 19.0. The van der Waals surface area contributed by atoms with Crippen molar-refractivity contribution in [2.45, 2.75) is 19.4 Å². The van der Waals surface area contributed by atoms with Crippen LogP contribution in [-0.4, -0.2) is 24.9 Å². The molecule has 1 aliphatic rings. The van der Waals surface area contributed by atoms with Crippen molar-refractivity contribution in [2.24, 2.45) is 0 Å². The molecule has 3 aromatic rings. The highest BCUT2D eigenvalue weighted by atomic mass is 79.9. The third-order valence-corrected chi connectivity index (χ3v) is 6.12. The number of carbonyl (C=O) groups is 2. The van der Waals surface area contributed by atoms with Crippen molar-refractivity contribution >= 4 is 39.1 Å². The summed E-state index contributed by atoms with van der Waals surface area (Å²) in [5, 5.41) is 5.79. The van der Waals surface area contributed by atoms with Crippen molar-refractivity contribution in [1.82, 2.24) is 5.32 Å². The third kappa shape index (κ3) is 5.16. The largest absolute Gasteiger partial charge is 0.371 e. The standard InChI is InChI=1S/C25H23BrFN3O2/c26-22-6-2-1-5-20(22)25(32)29-19-11-12-23(30-13-3-4-14-30)21(15-19)24(31)28-16-17-7-9-18(27)10-8-17/h1-2,5-12,15H,3-4,13-14,16H2,(H,28,31)(H,29,32). The maximum Gasteiger partial charge on any atom is 0.256 e. The molecule has 1 saturated heterocycles. The van der Waals surface area contributed by atoms with Gasteiger partial charge in [0.25, 0.3) is 11.8 Å². The number of benzene rings is 3. The van der Waals surface area contributed by atoms with Crippen molar-refractivity contribution in [1.29, 1.82) is 0 Å². The second-order valence-electron chi connectivity index (χ2n) is 7.67. The molecule has 4 rings (SSSR count). The summed E-state index contributed by atoms with van der Waals surface area (Å²) in [4.78, 5) is 28.0. The highest BCUT2D eigenvalue weighted by molar-refractivity contribution is 9.10. The fourth-order valence-electron chi connectivity index (χ4n) is 3.75. The predicted molar refractivity (Wildman–Crippen MR) is 128 cm³/mol. The van der Waals surface area contributed by atoms with Crippen LogP contribution in [-0.2, 0) is 6.54 Å². The second kappa shape index (κ2) is 9.96. The lowest BCUT2D eigenvalue weighted by Crippen LogP contribution is -2.27. The van der Waals surface area contributed by atoms with Crippen LogP contribution in [0.1, 0.15) is 39.1 Å². The molecular formula is C25H23BrFN3O2. The van der Waals surface area contributed by atoms with E-state index >= 15 is 0 Å². The summed E-state index contributed by atoms with van der Waals surface area (Å²) in [5.74, 6) is -0.817. The summed E-state index contributed by atoms with van der Waals surface area (Å²) < 4.78 is 13.8. The van der Waals surface area contributed by atoms with E-state index in [0.717, 1.165) is 37.2 Å². The van der Waals surface area contributed by atoms with Gasteiger partial charge in [-0.05, 0) is 76.8 Å². The van der Waals surface area contributed by atoms with Crippen LogP contribution in [0.3, 0.4) is 0 Å². The monoisotopic (exact) mass is 495 g/mol. The van der Waals surface area contributed by atoms with Crippen LogP contribution in [0.4, 0.5) is 15.8 Å². The van der Waals surface area contributed by atoms with Crippen LogP contribution < -0.4 is 15.5 Å².